The number of nitrogens with zero attached hydrogens (tertiary/aromatic N) is 1. The minimum Gasteiger partial charge on any atom is -0.450 e. The number of piperidine rings is 1. The maximum atomic E-state index is 12.4. The van der Waals surface area contributed by atoms with Crippen molar-refractivity contribution < 1.29 is 9.53 Å². The number of likely N-dealkylation sites (N-methyl/N-ethyl adjacent to an activating group) is 1. The van der Waals surface area contributed by atoms with Gasteiger partial charge in [-0.15, -0.1) is 0 Å². The molecule has 4 rings (SSSR count). The first-order valence-electron chi connectivity index (χ1n) is 7.77. The molecule has 0 N–H and O–H groups in total. The van der Waals surface area contributed by atoms with Crippen LogP contribution in [0.3, 0.4) is 0 Å². The summed E-state index contributed by atoms with van der Waals surface area (Å²) in [7, 11) is 2.13. The SMILES string of the molecule is CN1CCC2(OC(=O)c3ccccc32)C(c2ccccc2)C1. The first-order valence-corrected chi connectivity index (χ1v) is 7.77. The third-order valence-corrected chi connectivity index (χ3v) is 5.00. The van der Waals surface area contributed by atoms with E-state index in [0.29, 0.717) is 0 Å². The van der Waals surface area contributed by atoms with E-state index in [-0.39, 0.29) is 11.9 Å². The van der Waals surface area contributed by atoms with E-state index in [1.807, 2.05) is 24.3 Å². The topological polar surface area (TPSA) is 29.5 Å². The summed E-state index contributed by atoms with van der Waals surface area (Å²) in [5.41, 5.74) is 2.51. The van der Waals surface area contributed by atoms with Gasteiger partial charge in [0.05, 0.1) is 5.56 Å². The van der Waals surface area contributed by atoms with Crippen molar-refractivity contribution in [2.45, 2.75) is 17.9 Å². The third-order valence-electron chi connectivity index (χ3n) is 5.00. The average molecular weight is 293 g/mol. The molecule has 1 saturated heterocycles. The summed E-state index contributed by atoms with van der Waals surface area (Å²) < 4.78 is 6.01. The van der Waals surface area contributed by atoms with Crippen LogP contribution in [-0.4, -0.2) is 31.0 Å². The van der Waals surface area contributed by atoms with Crippen LogP contribution in [0.15, 0.2) is 54.6 Å². The molecule has 3 nitrogen and oxygen atoms in total. The van der Waals surface area contributed by atoms with E-state index in [4.69, 9.17) is 4.74 Å². The molecule has 112 valence electrons. The second kappa shape index (κ2) is 4.96. The largest absolute Gasteiger partial charge is 0.450 e. The van der Waals surface area contributed by atoms with E-state index >= 15 is 0 Å². The van der Waals surface area contributed by atoms with Crippen molar-refractivity contribution in [1.29, 1.82) is 0 Å². The molecule has 22 heavy (non-hydrogen) atoms. The van der Waals surface area contributed by atoms with Crippen LogP contribution >= 0.6 is 0 Å². The highest BCUT2D eigenvalue weighted by atomic mass is 16.6. The van der Waals surface area contributed by atoms with Crippen LogP contribution in [0.4, 0.5) is 0 Å². The van der Waals surface area contributed by atoms with Gasteiger partial charge in [0, 0.05) is 31.0 Å². The van der Waals surface area contributed by atoms with Gasteiger partial charge in [-0.2, -0.15) is 0 Å². The Kier molecular flexibility index (Phi) is 3.05. The fraction of sp³-hybridized carbons (Fsp3) is 0.316. The molecule has 3 heteroatoms. The molecule has 0 radical (unpaired) electrons. The first-order chi connectivity index (χ1) is 10.7. The highest BCUT2D eigenvalue weighted by molar-refractivity contribution is 5.95. The van der Waals surface area contributed by atoms with Crippen molar-refractivity contribution in [1.82, 2.24) is 4.90 Å². The van der Waals surface area contributed by atoms with Crippen LogP contribution < -0.4 is 0 Å². The minimum absolute atomic E-state index is 0.167. The fourth-order valence-corrected chi connectivity index (χ4v) is 3.89. The lowest BCUT2D eigenvalue weighted by molar-refractivity contribution is -0.0546. The number of hydrogen-bond donors (Lipinski definition) is 0. The zero-order valence-electron chi connectivity index (χ0n) is 12.7. The van der Waals surface area contributed by atoms with Crippen molar-refractivity contribution in [2.75, 3.05) is 20.1 Å². The van der Waals surface area contributed by atoms with E-state index < -0.39 is 5.60 Å². The Morgan fingerprint density at radius 1 is 1.09 bits per heavy atom. The van der Waals surface area contributed by atoms with Gasteiger partial charge >= 0.3 is 5.97 Å². The minimum atomic E-state index is -0.512. The Morgan fingerprint density at radius 3 is 2.64 bits per heavy atom. The molecule has 0 saturated carbocycles. The lowest BCUT2D eigenvalue weighted by Gasteiger charge is -2.44. The molecular weight excluding hydrogens is 274 g/mol. The summed E-state index contributed by atoms with van der Waals surface area (Å²) >= 11 is 0. The van der Waals surface area contributed by atoms with E-state index in [9.17, 15) is 4.79 Å². The zero-order valence-corrected chi connectivity index (χ0v) is 12.7. The second-order valence-corrected chi connectivity index (χ2v) is 6.30. The van der Waals surface area contributed by atoms with Crippen LogP contribution in [0.2, 0.25) is 0 Å². The lowest BCUT2D eigenvalue weighted by atomic mass is 9.72. The number of hydrogen-bond acceptors (Lipinski definition) is 3. The molecule has 2 aromatic carbocycles. The molecule has 2 atom stereocenters. The zero-order chi connectivity index (χ0) is 15.2. The second-order valence-electron chi connectivity index (χ2n) is 6.30. The van der Waals surface area contributed by atoms with Crippen LogP contribution in [0, 0.1) is 0 Å². The van der Waals surface area contributed by atoms with Gasteiger partial charge in [0.1, 0.15) is 5.60 Å². The summed E-state index contributed by atoms with van der Waals surface area (Å²) in [6.07, 6.45) is 0.839. The number of esters is 1. The molecule has 2 aliphatic heterocycles. The van der Waals surface area contributed by atoms with Gasteiger partial charge < -0.3 is 9.64 Å². The highest BCUT2D eigenvalue weighted by Gasteiger charge is 2.53. The van der Waals surface area contributed by atoms with E-state index in [2.05, 4.69) is 42.3 Å². The van der Waals surface area contributed by atoms with Gasteiger partial charge in [-0.1, -0.05) is 48.5 Å². The summed E-state index contributed by atoms with van der Waals surface area (Å²) in [6.45, 7) is 1.83. The highest BCUT2D eigenvalue weighted by Crippen LogP contribution is 2.50. The molecule has 1 fully saturated rings. The van der Waals surface area contributed by atoms with Gasteiger partial charge in [0.15, 0.2) is 0 Å². The number of fused-ring (bicyclic) bond motifs is 2. The monoisotopic (exact) mass is 293 g/mol. The van der Waals surface area contributed by atoms with E-state index in [1.165, 1.54) is 5.56 Å². The molecule has 2 unspecified atom stereocenters. The molecule has 0 bridgehead atoms. The quantitative estimate of drug-likeness (QED) is 0.756. The number of rotatable bonds is 1. The van der Waals surface area contributed by atoms with Gasteiger partial charge in [0.2, 0.25) is 0 Å². The maximum Gasteiger partial charge on any atom is 0.339 e. The van der Waals surface area contributed by atoms with E-state index in [1.54, 1.807) is 0 Å². The van der Waals surface area contributed by atoms with Crippen LogP contribution in [0.1, 0.15) is 33.8 Å². The number of carbonyl (C=O) groups is 1. The van der Waals surface area contributed by atoms with Crippen LogP contribution in [0.5, 0.6) is 0 Å². The lowest BCUT2D eigenvalue weighted by Crippen LogP contribution is -2.47. The Labute approximate surface area is 130 Å². The van der Waals surface area contributed by atoms with Gasteiger partial charge in [-0.05, 0) is 18.7 Å². The first kappa shape index (κ1) is 13.5. The molecule has 0 aromatic heterocycles. The molecule has 0 amide bonds. The molecule has 2 heterocycles. The Morgan fingerprint density at radius 2 is 1.82 bits per heavy atom. The average Bonchev–Trinajstić information content (AvgIpc) is 2.84. The Balaban J connectivity index is 1.87. The van der Waals surface area contributed by atoms with Gasteiger partial charge in [-0.25, -0.2) is 4.79 Å². The van der Waals surface area contributed by atoms with Crippen LogP contribution in [0.25, 0.3) is 0 Å². The van der Waals surface area contributed by atoms with Gasteiger partial charge in [-0.3, -0.25) is 0 Å². The summed E-state index contributed by atoms with van der Waals surface area (Å²) in [6, 6.07) is 18.3. The van der Waals surface area contributed by atoms with Crippen molar-refractivity contribution in [2.24, 2.45) is 0 Å². The van der Waals surface area contributed by atoms with Crippen molar-refractivity contribution in [3.8, 4) is 0 Å². The van der Waals surface area contributed by atoms with Crippen molar-refractivity contribution >= 4 is 5.97 Å². The third kappa shape index (κ3) is 1.89. The number of likely N-dealkylation sites (tertiary alicyclic amines) is 1. The van der Waals surface area contributed by atoms with Gasteiger partial charge in [0.25, 0.3) is 0 Å². The van der Waals surface area contributed by atoms with Crippen molar-refractivity contribution in [3.05, 3.63) is 71.3 Å². The maximum absolute atomic E-state index is 12.4. The fourth-order valence-electron chi connectivity index (χ4n) is 3.89. The molecule has 2 aromatic rings. The predicted molar refractivity (Wildman–Crippen MR) is 84.8 cm³/mol. The molecular formula is C19H19NO2. The number of benzene rings is 2. The Bertz CT molecular complexity index is 712. The summed E-state index contributed by atoms with van der Waals surface area (Å²) in [5, 5.41) is 0. The number of carbonyl (C=O) groups excluding carboxylic acids is 1. The molecule has 0 aliphatic carbocycles. The van der Waals surface area contributed by atoms with Crippen LogP contribution in [-0.2, 0) is 10.3 Å². The molecule has 2 aliphatic rings. The standard InChI is InChI=1S/C19H19NO2/c1-20-12-11-19(17(13-20)14-7-3-2-4-8-14)16-10-6-5-9-15(16)18(21)22-19/h2-10,17H,11-13H2,1H3. The molecule has 1 spiro atoms. The predicted octanol–water partition coefficient (Wildman–Crippen LogP) is 3.17. The number of ether oxygens (including phenoxy) is 1. The van der Waals surface area contributed by atoms with E-state index in [0.717, 1.165) is 30.6 Å². The summed E-state index contributed by atoms with van der Waals surface area (Å²) in [5.74, 6) is -0.0128. The smallest absolute Gasteiger partial charge is 0.339 e. The summed E-state index contributed by atoms with van der Waals surface area (Å²) in [4.78, 5) is 14.7. The van der Waals surface area contributed by atoms with Crippen molar-refractivity contribution in [3.63, 3.8) is 0 Å². The Hall–Kier alpha value is -2.13. The normalized spacial score (nSPS) is 27.7.